The summed E-state index contributed by atoms with van der Waals surface area (Å²) in [5, 5.41) is 10.7. The largest absolute Gasteiger partial charge is 0.358 e. The highest BCUT2D eigenvalue weighted by Gasteiger charge is 2.16. The molecule has 0 aliphatic rings. The van der Waals surface area contributed by atoms with Crippen molar-refractivity contribution in [2.45, 2.75) is 20.0 Å². The Kier molecular flexibility index (Phi) is 2.72. The van der Waals surface area contributed by atoms with Gasteiger partial charge < -0.3 is 14.7 Å². The molecular weight excluding hydrogens is 208 g/mol. The summed E-state index contributed by atoms with van der Waals surface area (Å²) in [6, 6.07) is 3.85. The Balaban J connectivity index is 2.14. The predicted octanol–water partition coefficient (Wildman–Crippen LogP) is 1.60. The van der Waals surface area contributed by atoms with Gasteiger partial charge in [0.05, 0.1) is 6.54 Å². The van der Waals surface area contributed by atoms with Gasteiger partial charge in [-0.3, -0.25) is 0 Å². The molecule has 0 unspecified atom stereocenters. The second-order valence-electron chi connectivity index (χ2n) is 3.49. The molecule has 2 heterocycles. The molecule has 2 aromatic heterocycles. The fourth-order valence-electron chi connectivity index (χ4n) is 1.61. The van der Waals surface area contributed by atoms with Crippen LogP contribution in [0.15, 0.2) is 30.7 Å². The molecule has 16 heavy (non-hydrogen) atoms. The van der Waals surface area contributed by atoms with Crippen LogP contribution in [0.3, 0.4) is 0 Å². The number of hydrogen-bond donors (Lipinski definition) is 0. The number of rotatable bonds is 4. The minimum atomic E-state index is -0.407. The van der Waals surface area contributed by atoms with Gasteiger partial charge in [0.1, 0.15) is 12.7 Å². The molecule has 0 N–H and O–H groups in total. The van der Waals surface area contributed by atoms with E-state index in [1.54, 1.807) is 11.5 Å². The van der Waals surface area contributed by atoms with E-state index in [0.29, 0.717) is 18.9 Å². The molecule has 6 nitrogen and oxygen atoms in total. The minimum Gasteiger partial charge on any atom is -0.358 e. The zero-order valence-corrected chi connectivity index (χ0v) is 8.91. The average molecular weight is 220 g/mol. The van der Waals surface area contributed by atoms with Crippen molar-refractivity contribution in [2.75, 3.05) is 0 Å². The van der Waals surface area contributed by atoms with Gasteiger partial charge in [-0.2, -0.15) is 0 Å². The van der Waals surface area contributed by atoms with Crippen molar-refractivity contribution < 1.29 is 4.92 Å². The van der Waals surface area contributed by atoms with E-state index in [9.17, 15) is 10.1 Å². The van der Waals surface area contributed by atoms with Gasteiger partial charge in [-0.15, -0.1) is 0 Å². The van der Waals surface area contributed by atoms with Crippen LogP contribution in [0, 0.1) is 17.0 Å². The summed E-state index contributed by atoms with van der Waals surface area (Å²) in [6.45, 7) is 3.02. The topological polar surface area (TPSA) is 65.9 Å². The van der Waals surface area contributed by atoms with Gasteiger partial charge in [0.15, 0.2) is 5.82 Å². The molecule has 0 spiro atoms. The maximum atomic E-state index is 10.7. The highest BCUT2D eigenvalue weighted by molar-refractivity contribution is 5.18. The van der Waals surface area contributed by atoms with Crippen molar-refractivity contribution in [3.8, 4) is 0 Å². The van der Waals surface area contributed by atoms with Crippen molar-refractivity contribution in [3.63, 3.8) is 0 Å². The normalized spacial score (nSPS) is 10.6. The van der Waals surface area contributed by atoms with Gasteiger partial charge in [-0.05, 0) is 17.1 Å². The van der Waals surface area contributed by atoms with E-state index >= 15 is 0 Å². The Morgan fingerprint density at radius 1 is 1.38 bits per heavy atom. The number of aryl methyl sites for hydroxylation is 2. The second-order valence-corrected chi connectivity index (χ2v) is 3.49. The molecule has 0 aromatic carbocycles. The Morgan fingerprint density at radius 2 is 2.06 bits per heavy atom. The molecule has 0 bridgehead atoms. The van der Waals surface area contributed by atoms with Crippen LogP contribution in [-0.2, 0) is 13.1 Å². The first-order chi connectivity index (χ1) is 7.68. The Labute approximate surface area is 92.3 Å². The van der Waals surface area contributed by atoms with E-state index in [1.807, 2.05) is 29.1 Å². The van der Waals surface area contributed by atoms with Crippen LogP contribution >= 0.6 is 0 Å². The van der Waals surface area contributed by atoms with Crippen molar-refractivity contribution in [3.05, 3.63) is 46.7 Å². The lowest BCUT2D eigenvalue weighted by atomic mass is 10.5. The molecule has 0 saturated heterocycles. The molecule has 2 aromatic rings. The van der Waals surface area contributed by atoms with Crippen LogP contribution in [-0.4, -0.2) is 19.0 Å². The summed E-state index contributed by atoms with van der Waals surface area (Å²) >= 11 is 0. The van der Waals surface area contributed by atoms with Crippen molar-refractivity contribution >= 4 is 5.82 Å². The first-order valence-electron chi connectivity index (χ1n) is 4.96. The van der Waals surface area contributed by atoms with Gasteiger partial charge in [-0.1, -0.05) is 0 Å². The highest BCUT2D eigenvalue weighted by Crippen LogP contribution is 2.13. The zero-order valence-electron chi connectivity index (χ0n) is 8.91. The molecule has 0 radical (unpaired) electrons. The van der Waals surface area contributed by atoms with Crippen molar-refractivity contribution in [1.82, 2.24) is 14.1 Å². The Morgan fingerprint density at radius 3 is 2.69 bits per heavy atom. The quantitative estimate of drug-likeness (QED) is 0.580. The Bertz CT molecular complexity index is 487. The molecule has 84 valence electrons. The second kappa shape index (κ2) is 4.18. The molecule has 0 fully saturated rings. The molecule has 2 rings (SSSR count). The lowest BCUT2D eigenvalue weighted by molar-refractivity contribution is -0.392. The maximum Gasteiger partial charge on any atom is 0.342 e. The lowest BCUT2D eigenvalue weighted by Gasteiger charge is -2.03. The molecule has 0 aliphatic heterocycles. The Hall–Kier alpha value is -2.11. The van der Waals surface area contributed by atoms with E-state index in [2.05, 4.69) is 4.98 Å². The van der Waals surface area contributed by atoms with Crippen molar-refractivity contribution in [2.24, 2.45) is 0 Å². The monoisotopic (exact) mass is 220 g/mol. The first-order valence-corrected chi connectivity index (χ1v) is 4.96. The van der Waals surface area contributed by atoms with Crippen LogP contribution in [0.5, 0.6) is 0 Å². The standard InChI is InChI=1S/C10H12N4O2/c1-9-11-8-10(14(15)16)13(9)7-6-12-4-2-3-5-12/h2-5,8H,6-7H2,1H3. The summed E-state index contributed by atoms with van der Waals surface area (Å²) in [5.41, 5.74) is 0. The summed E-state index contributed by atoms with van der Waals surface area (Å²) in [5.74, 6) is 0.712. The van der Waals surface area contributed by atoms with Gasteiger partial charge in [0.2, 0.25) is 0 Å². The summed E-state index contributed by atoms with van der Waals surface area (Å²) < 4.78 is 3.59. The lowest BCUT2D eigenvalue weighted by Crippen LogP contribution is -2.09. The SMILES string of the molecule is Cc1ncc([N+](=O)[O-])n1CCn1cccc1. The number of hydrogen-bond acceptors (Lipinski definition) is 3. The molecule has 0 amide bonds. The van der Waals surface area contributed by atoms with Crippen LogP contribution in [0.25, 0.3) is 0 Å². The van der Waals surface area contributed by atoms with Gasteiger partial charge in [0, 0.05) is 19.3 Å². The van der Waals surface area contributed by atoms with Gasteiger partial charge >= 0.3 is 5.82 Å². The minimum absolute atomic E-state index is 0.0460. The first kappa shape index (κ1) is 10.4. The van der Waals surface area contributed by atoms with Crippen molar-refractivity contribution in [1.29, 1.82) is 0 Å². The highest BCUT2D eigenvalue weighted by atomic mass is 16.6. The van der Waals surface area contributed by atoms with Gasteiger partial charge in [-0.25, -0.2) is 9.55 Å². The third-order valence-corrected chi connectivity index (χ3v) is 2.47. The fourth-order valence-corrected chi connectivity index (χ4v) is 1.61. The van der Waals surface area contributed by atoms with E-state index in [0.717, 1.165) is 0 Å². The maximum absolute atomic E-state index is 10.7. The molecule has 0 atom stereocenters. The third-order valence-electron chi connectivity index (χ3n) is 2.47. The van der Waals surface area contributed by atoms with E-state index < -0.39 is 4.92 Å². The molecular formula is C10H12N4O2. The molecule has 0 aliphatic carbocycles. The third kappa shape index (κ3) is 1.95. The van der Waals surface area contributed by atoms with Gasteiger partial charge in [0.25, 0.3) is 0 Å². The number of nitro groups is 1. The van der Waals surface area contributed by atoms with Crippen LogP contribution in [0.1, 0.15) is 5.82 Å². The number of nitrogens with zero attached hydrogens (tertiary/aromatic N) is 4. The van der Waals surface area contributed by atoms with Crippen LogP contribution in [0.4, 0.5) is 5.82 Å². The summed E-state index contributed by atoms with van der Waals surface area (Å²) in [7, 11) is 0. The predicted molar refractivity (Wildman–Crippen MR) is 58.1 cm³/mol. The van der Waals surface area contributed by atoms with E-state index in [1.165, 1.54) is 6.20 Å². The fraction of sp³-hybridized carbons (Fsp3) is 0.300. The summed E-state index contributed by atoms with van der Waals surface area (Å²) in [4.78, 5) is 14.3. The van der Waals surface area contributed by atoms with Crippen LogP contribution < -0.4 is 0 Å². The average Bonchev–Trinajstić information content (AvgIpc) is 2.84. The zero-order chi connectivity index (χ0) is 11.5. The van der Waals surface area contributed by atoms with E-state index in [4.69, 9.17) is 0 Å². The molecule has 0 saturated carbocycles. The smallest absolute Gasteiger partial charge is 0.342 e. The summed E-state index contributed by atoms with van der Waals surface area (Å²) in [6.07, 6.45) is 5.15. The number of aromatic nitrogens is 3. The molecule has 6 heteroatoms. The number of imidazole rings is 1. The van der Waals surface area contributed by atoms with Crippen LogP contribution in [0.2, 0.25) is 0 Å². The van der Waals surface area contributed by atoms with E-state index in [-0.39, 0.29) is 5.82 Å².